The summed E-state index contributed by atoms with van der Waals surface area (Å²) in [4.78, 5) is 24.4. The number of hydrogen-bond acceptors (Lipinski definition) is 3. The molecule has 26 heavy (non-hydrogen) atoms. The van der Waals surface area contributed by atoms with Crippen molar-refractivity contribution < 1.29 is 14.3 Å². The molecule has 0 spiro atoms. The van der Waals surface area contributed by atoms with Crippen LogP contribution in [0.5, 0.6) is 5.75 Å². The topological polar surface area (TPSA) is 67.4 Å². The van der Waals surface area contributed by atoms with Crippen molar-refractivity contribution in [3.8, 4) is 5.75 Å². The maximum atomic E-state index is 12.4. The van der Waals surface area contributed by atoms with Crippen LogP contribution in [-0.4, -0.2) is 18.4 Å². The molecular weight excluding hydrogens is 396 g/mol. The number of nitrogens with one attached hydrogen (secondary N) is 2. The standard InChI is InChI=1S/C20H23BrN2O3/c1-14(2)10-11-26-18-9-8-16(21)13-17(18)20(25)23-22-19(24)12-15-6-4-3-5-7-15/h3-9,13-14H,10-12H2,1-2H3,(H,22,24)(H,23,25). The minimum absolute atomic E-state index is 0.192. The summed E-state index contributed by atoms with van der Waals surface area (Å²) >= 11 is 3.36. The molecule has 5 nitrogen and oxygen atoms in total. The van der Waals surface area contributed by atoms with Gasteiger partial charge in [-0.25, -0.2) is 0 Å². The number of benzene rings is 2. The Balaban J connectivity index is 1.95. The average molecular weight is 419 g/mol. The third kappa shape index (κ3) is 6.52. The molecule has 0 heterocycles. The van der Waals surface area contributed by atoms with E-state index in [9.17, 15) is 9.59 Å². The molecule has 0 saturated carbocycles. The highest BCUT2D eigenvalue weighted by Gasteiger charge is 2.14. The lowest BCUT2D eigenvalue weighted by Gasteiger charge is -2.13. The molecule has 2 aromatic rings. The Morgan fingerprint density at radius 1 is 1.08 bits per heavy atom. The number of amides is 2. The highest BCUT2D eigenvalue weighted by atomic mass is 79.9. The van der Waals surface area contributed by atoms with Gasteiger partial charge in [0.25, 0.3) is 5.91 Å². The highest BCUT2D eigenvalue weighted by molar-refractivity contribution is 9.10. The van der Waals surface area contributed by atoms with Gasteiger partial charge in [-0.05, 0) is 36.1 Å². The molecule has 0 radical (unpaired) electrons. The Labute approximate surface area is 162 Å². The Bertz CT molecular complexity index is 748. The fraction of sp³-hybridized carbons (Fsp3) is 0.300. The maximum absolute atomic E-state index is 12.4. The Morgan fingerprint density at radius 3 is 2.50 bits per heavy atom. The molecule has 138 valence electrons. The van der Waals surface area contributed by atoms with E-state index < -0.39 is 5.91 Å². The molecule has 0 aliphatic rings. The van der Waals surface area contributed by atoms with E-state index in [4.69, 9.17) is 4.74 Å². The molecule has 2 N–H and O–H groups in total. The SMILES string of the molecule is CC(C)CCOc1ccc(Br)cc1C(=O)NNC(=O)Cc1ccccc1. The van der Waals surface area contributed by atoms with E-state index in [1.807, 2.05) is 36.4 Å². The fourth-order valence-electron chi connectivity index (χ4n) is 2.23. The van der Waals surface area contributed by atoms with E-state index in [2.05, 4.69) is 40.6 Å². The summed E-state index contributed by atoms with van der Waals surface area (Å²) in [5, 5.41) is 0. The average Bonchev–Trinajstić information content (AvgIpc) is 2.61. The molecule has 6 heteroatoms. The van der Waals surface area contributed by atoms with Gasteiger partial charge < -0.3 is 4.74 Å². The molecule has 0 aliphatic carbocycles. The summed E-state index contributed by atoms with van der Waals surface area (Å²) in [6, 6.07) is 14.6. The largest absolute Gasteiger partial charge is 0.493 e. The minimum Gasteiger partial charge on any atom is -0.493 e. The van der Waals surface area contributed by atoms with Gasteiger partial charge in [0.2, 0.25) is 5.91 Å². The molecule has 2 aromatic carbocycles. The van der Waals surface area contributed by atoms with Gasteiger partial charge in [-0.15, -0.1) is 0 Å². The molecular formula is C20H23BrN2O3. The summed E-state index contributed by atoms with van der Waals surface area (Å²) in [5.74, 6) is 0.290. The van der Waals surface area contributed by atoms with E-state index in [0.29, 0.717) is 23.8 Å². The van der Waals surface area contributed by atoms with Crippen LogP contribution in [-0.2, 0) is 11.2 Å². The minimum atomic E-state index is -0.424. The van der Waals surface area contributed by atoms with E-state index in [-0.39, 0.29) is 12.3 Å². The first-order chi connectivity index (χ1) is 12.5. The number of carbonyl (C=O) groups is 2. The van der Waals surface area contributed by atoms with E-state index >= 15 is 0 Å². The Hall–Kier alpha value is -2.34. The van der Waals surface area contributed by atoms with Crippen molar-refractivity contribution in [2.45, 2.75) is 26.7 Å². The van der Waals surface area contributed by atoms with Crippen molar-refractivity contribution in [3.05, 3.63) is 64.1 Å². The molecule has 2 amide bonds. The summed E-state index contributed by atoms with van der Waals surface area (Å²) in [6.07, 6.45) is 1.09. The van der Waals surface area contributed by atoms with E-state index in [0.717, 1.165) is 16.5 Å². The highest BCUT2D eigenvalue weighted by Crippen LogP contribution is 2.23. The van der Waals surface area contributed by atoms with Crippen LogP contribution in [0.3, 0.4) is 0 Å². The van der Waals surface area contributed by atoms with Crippen LogP contribution in [0.15, 0.2) is 53.0 Å². The summed E-state index contributed by atoms with van der Waals surface area (Å²) in [5.41, 5.74) is 6.13. The van der Waals surface area contributed by atoms with Crippen LogP contribution in [0.4, 0.5) is 0 Å². The van der Waals surface area contributed by atoms with Crippen molar-refractivity contribution >= 4 is 27.7 Å². The van der Waals surface area contributed by atoms with Gasteiger partial charge in [0, 0.05) is 4.47 Å². The van der Waals surface area contributed by atoms with Crippen LogP contribution in [0.25, 0.3) is 0 Å². The fourth-order valence-corrected chi connectivity index (χ4v) is 2.59. The van der Waals surface area contributed by atoms with Crippen LogP contribution < -0.4 is 15.6 Å². The van der Waals surface area contributed by atoms with Crippen LogP contribution in [0.2, 0.25) is 0 Å². The van der Waals surface area contributed by atoms with E-state index in [1.54, 1.807) is 12.1 Å². The first-order valence-corrected chi connectivity index (χ1v) is 9.30. The van der Waals surface area contributed by atoms with Crippen LogP contribution >= 0.6 is 15.9 Å². The second kappa shape index (κ2) is 9.97. The normalized spacial score (nSPS) is 10.5. The monoisotopic (exact) mass is 418 g/mol. The van der Waals surface area contributed by atoms with E-state index in [1.165, 1.54) is 0 Å². The summed E-state index contributed by atoms with van der Waals surface area (Å²) < 4.78 is 6.49. The first kappa shape index (κ1) is 20.0. The quantitative estimate of drug-likeness (QED) is 0.670. The van der Waals surface area contributed by atoms with Gasteiger partial charge in [-0.3, -0.25) is 20.4 Å². The third-order valence-corrected chi connectivity index (χ3v) is 4.16. The van der Waals surface area contributed by atoms with Crippen molar-refractivity contribution in [2.24, 2.45) is 5.92 Å². The lowest BCUT2D eigenvalue weighted by Crippen LogP contribution is -2.42. The van der Waals surface area contributed by atoms with Crippen molar-refractivity contribution in [3.63, 3.8) is 0 Å². The number of halogens is 1. The number of carbonyl (C=O) groups excluding carboxylic acids is 2. The first-order valence-electron chi connectivity index (χ1n) is 8.51. The predicted molar refractivity (Wildman–Crippen MR) is 105 cm³/mol. The number of hydrazine groups is 1. The Morgan fingerprint density at radius 2 is 1.81 bits per heavy atom. The van der Waals surface area contributed by atoms with Gasteiger partial charge in [-0.2, -0.15) is 0 Å². The Kier molecular flexibility index (Phi) is 7.66. The van der Waals surface area contributed by atoms with Crippen molar-refractivity contribution in [1.82, 2.24) is 10.9 Å². The van der Waals surface area contributed by atoms with Crippen LogP contribution in [0.1, 0.15) is 36.2 Å². The molecule has 0 atom stereocenters. The lowest BCUT2D eigenvalue weighted by molar-refractivity contribution is -0.121. The molecule has 0 unspecified atom stereocenters. The number of rotatable bonds is 7. The summed E-state index contributed by atoms with van der Waals surface area (Å²) in [6.45, 7) is 4.75. The lowest BCUT2D eigenvalue weighted by atomic mass is 10.1. The van der Waals surface area contributed by atoms with Gasteiger partial charge >= 0.3 is 0 Å². The molecule has 0 bridgehead atoms. The van der Waals surface area contributed by atoms with Crippen molar-refractivity contribution in [1.29, 1.82) is 0 Å². The third-order valence-electron chi connectivity index (χ3n) is 3.66. The maximum Gasteiger partial charge on any atom is 0.273 e. The van der Waals surface area contributed by atoms with Gasteiger partial charge in [0.15, 0.2) is 0 Å². The zero-order chi connectivity index (χ0) is 18.9. The van der Waals surface area contributed by atoms with Gasteiger partial charge in [0.05, 0.1) is 18.6 Å². The molecule has 0 saturated heterocycles. The molecule has 0 fully saturated rings. The second-order valence-corrected chi connectivity index (χ2v) is 7.25. The van der Waals surface area contributed by atoms with Gasteiger partial charge in [0.1, 0.15) is 5.75 Å². The predicted octanol–water partition coefficient (Wildman–Crippen LogP) is 3.88. The van der Waals surface area contributed by atoms with Crippen LogP contribution in [0, 0.1) is 5.92 Å². The van der Waals surface area contributed by atoms with Crippen molar-refractivity contribution in [2.75, 3.05) is 6.61 Å². The smallest absolute Gasteiger partial charge is 0.273 e. The molecule has 0 aromatic heterocycles. The second-order valence-electron chi connectivity index (χ2n) is 6.34. The number of hydrogen-bond donors (Lipinski definition) is 2. The van der Waals surface area contributed by atoms with Gasteiger partial charge in [-0.1, -0.05) is 60.1 Å². The summed E-state index contributed by atoms with van der Waals surface area (Å²) in [7, 11) is 0. The molecule has 0 aliphatic heterocycles. The zero-order valence-corrected chi connectivity index (χ0v) is 16.5. The molecule has 2 rings (SSSR count). The zero-order valence-electron chi connectivity index (χ0n) is 14.9. The number of ether oxygens (including phenoxy) is 1.